The molecule has 4 nitrogen and oxygen atoms in total. The van der Waals surface area contributed by atoms with E-state index in [9.17, 15) is 4.79 Å². The molecule has 0 spiro atoms. The highest BCUT2D eigenvalue weighted by atomic mass is 16.2. The molecule has 2 aliphatic rings. The molecule has 1 saturated carbocycles. The highest BCUT2D eigenvalue weighted by Crippen LogP contribution is 2.25. The van der Waals surface area contributed by atoms with E-state index in [1.165, 1.54) is 24.0 Å². The number of carbonyl (C=O) groups is 1. The molecule has 22 heavy (non-hydrogen) atoms. The average molecular weight is 293 g/mol. The number of aromatic nitrogens is 1. The zero-order valence-electron chi connectivity index (χ0n) is 12.5. The first kappa shape index (κ1) is 13.3. The van der Waals surface area contributed by atoms with Crippen LogP contribution in [0.3, 0.4) is 0 Å². The van der Waals surface area contributed by atoms with E-state index in [4.69, 9.17) is 0 Å². The minimum atomic E-state index is 0.0222. The van der Waals surface area contributed by atoms with Gasteiger partial charge in [0.2, 0.25) is 0 Å². The monoisotopic (exact) mass is 293 g/mol. The minimum Gasteiger partial charge on any atom is -0.382 e. The molecular formula is C18H19N3O. The maximum absolute atomic E-state index is 12.7. The van der Waals surface area contributed by atoms with Gasteiger partial charge in [0.25, 0.3) is 5.91 Å². The summed E-state index contributed by atoms with van der Waals surface area (Å²) in [6.45, 7) is 1.44. The molecule has 112 valence electrons. The molecule has 0 unspecified atom stereocenters. The van der Waals surface area contributed by atoms with E-state index in [0.29, 0.717) is 18.3 Å². The number of anilines is 1. The third-order valence-electron chi connectivity index (χ3n) is 4.35. The molecule has 2 heterocycles. The fraction of sp³-hybridized carbons (Fsp3) is 0.333. The van der Waals surface area contributed by atoms with Gasteiger partial charge in [0.15, 0.2) is 0 Å². The number of nitrogens with zero attached hydrogens (tertiary/aromatic N) is 2. The lowest BCUT2D eigenvalue weighted by atomic mass is 10.00. The molecule has 0 radical (unpaired) electrons. The summed E-state index contributed by atoms with van der Waals surface area (Å²) in [5.41, 5.74) is 4.13. The summed E-state index contributed by atoms with van der Waals surface area (Å²) in [5, 5.41) is 3.42. The molecular weight excluding hydrogens is 274 g/mol. The summed E-state index contributed by atoms with van der Waals surface area (Å²) in [6, 6.07) is 12.7. The van der Waals surface area contributed by atoms with Gasteiger partial charge in [0, 0.05) is 31.0 Å². The molecule has 2 aromatic rings. The van der Waals surface area contributed by atoms with Crippen molar-refractivity contribution in [2.45, 2.75) is 31.8 Å². The molecule has 1 N–H and O–H groups in total. The molecule has 1 fully saturated rings. The second kappa shape index (κ2) is 5.44. The molecule has 4 heteroatoms. The summed E-state index contributed by atoms with van der Waals surface area (Å²) >= 11 is 0. The number of hydrogen-bond donors (Lipinski definition) is 1. The zero-order valence-corrected chi connectivity index (χ0v) is 12.5. The second-order valence-electron chi connectivity index (χ2n) is 6.09. The summed E-state index contributed by atoms with van der Waals surface area (Å²) in [4.78, 5) is 18.9. The second-order valence-corrected chi connectivity index (χ2v) is 6.09. The lowest BCUT2D eigenvalue weighted by Crippen LogP contribution is -2.36. The SMILES string of the molecule is O=C(c1cc(NC2CC2)ccn1)N1CCc2ccccc2C1. The first-order valence-corrected chi connectivity index (χ1v) is 7.88. The summed E-state index contributed by atoms with van der Waals surface area (Å²) in [6.07, 6.45) is 5.07. The lowest BCUT2D eigenvalue weighted by Gasteiger charge is -2.28. The number of rotatable bonds is 3. The largest absolute Gasteiger partial charge is 0.382 e. The van der Waals surface area contributed by atoms with Crippen LogP contribution in [0.5, 0.6) is 0 Å². The van der Waals surface area contributed by atoms with Crippen LogP contribution in [0, 0.1) is 0 Å². The van der Waals surface area contributed by atoms with E-state index in [1.807, 2.05) is 23.1 Å². The van der Waals surface area contributed by atoms with E-state index in [1.54, 1.807) is 6.20 Å². The number of pyridine rings is 1. The Bertz CT molecular complexity index is 709. The Morgan fingerprint density at radius 3 is 2.82 bits per heavy atom. The molecule has 1 aliphatic carbocycles. The van der Waals surface area contributed by atoms with Crippen LogP contribution >= 0.6 is 0 Å². The standard InChI is InChI=1S/C18H19N3O/c22-18(17-11-16(7-9-19-17)20-15-5-6-15)21-10-8-13-3-1-2-4-14(13)12-21/h1-4,7,9,11,15H,5-6,8,10,12H2,(H,19,20). The lowest BCUT2D eigenvalue weighted by molar-refractivity contribution is 0.0729. The van der Waals surface area contributed by atoms with E-state index in [0.717, 1.165) is 18.7 Å². The van der Waals surface area contributed by atoms with Gasteiger partial charge < -0.3 is 10.2 Å². The number of nitrogens with one attached hydrogen (secondary N) is 1. The third-order valence-corrected chi connectivity index (χ3v) is 4.35. The van der Waals surface area contributed by atoms with Crippen molar-refractivity contribution in [3.05, 3.63) is 59.4 Å². The molecule has 1 aromatic heterocycles. The average Bonchev–Trinajstić information content (AvgIpc) is 3.38. The van der Waals surface area contributed by atoms with Crippen LogP contribution in [0.1, 0.15) is 34.5 Å². The van der Waals surface area contributed by atoms with Gasteiger partial charge in [-0.05, 0) is 42.5 Å². The highest BCUT2D eigenvalue weighted by molar-refractivity contribution is 5.93. The van der Waals surface area contributed by atoms with Gasteiger partial charge in [-0.1, -0.05) is 24.3 Å². The van der Waals surface area contributed by atoms with Gasteiger partial charge >= 0.3 is 0 Å². The molecule has 0 saturated heterocycles. The van der Waals surface area contributed by atoms with Crippen LogP contribution < -0.4 is 5.32 Å². The number of carbonyl (C=O) groups excluding carboxylic acids is 1. The Hall–Kier alpha value is -2.36. The molecule has 0 bridgehead atoms. The van der Waals surface area contributed by atoms with Crippen molar-refractivity contribution in [1.82, 2.24) is 9.88 Å². The van der Waals surface area contributed by atoms with Crippen molar-refractivity contribution in [2.24, 2.45) is 0 Å². The highest BCUT2D eigenvalue weighted by Gasteiger charge is 2.24. The molecule has 1 amide bonds. The fourth-order valence-corrected chi connectivity index (χ4v) is 2.93. The van der Waals surface area contributed by atoms with E-state index in [2.05, 4.69) is 28.5 Å². The van der Waals surface area contributed by atoms with Crippen molar-refractivity contribution in [3.8, 4) is 0 Å². The number of fused-ring (bicyclic) bond motifs is 1. The van der Waals surface area contributed by atoms with Gasteiger partial charge in [-0.2, -0.15) is 0 Å². The van der Waals surface area contributed by atoms with Crippen LogP contribution in [0.4, 0.5) is 5.69 Å². The maximum Gasteiger partial charge on any atom is 0.272 e. The van der Waals surface area contributed by atoms with Gasteiger partial charge in [0.05, 0.1) is 0 Å². The Morgan fingerprint density at radius 1 is 1.18 bits per heavy atom. The van der Waals surface area contributed by atoms with E-state index < -0.39 is 0 Å². The maximum atomic E-state index is 12.7. The van der Waals surface area contributed by atoms with Crippen LogP contribution in [0.2, 0.25) is 0 Å². The predicted molar refractivity (Wildman–Crippen MR) is 85.8 cm³/mol. The van der Waals surface area contributed by atoms with Gasteiger partial charge in [-0.15, -0.1) is 0 Å². The van der Waals surface area contributed by atoms with Crippen molar-refractivity contribution in [2.75, 3.05) is 11.9 Å². The Labute approximate surface area is 130 Å². The minimum absolute atomic E-state index is 0.0222. The normalized spacial score (nSPS) is 17.0. The van der Waals surface area contributed by atoms with Crippen molar-refractivity contribution in [3.63, 3.8) is 0 Å². The van der Waals surface area contributed by atoms with Gasteiger partial charge in [0.1, 0.15) is 5.69 Å². The number of benzene rings is 1. The van der Waals surface area contributed by atoms with Crippen molar-refractivity contribution >= 4 is 11.6 Å². The zero-order chi connectivity index (χ0) is 14.9. The third kappa shape index (κ3) is 2.69. The van der Waals surface area contributed by atoms with Crippen molar-refractivity contribution < 1.29 is 4.79 Å². The van der Waals surface area contributed by atoms with Crippen LogP contribution in [-0.2, 0) is 13.0 Å². The Morgan fingerprint density at radius 2 is 2.00 bits per heavy atom. The first-order chi connectivity index (χ1) is 10.8. The summed E-state index contributed by atoms with van der Waals surface area (Å²) in [7, 11) is 0. The smallest absolute Gasteiger partial charge is 0.272 e. The fourth-order valence-electron chi connectivity index (χ4n) is 2.93. The molecule has 0 atom stereocenters. The summed E-state index contributed by atoms with van der Waals surface area (Å²) in [5.74, 6) is 0.0222. The first-order valence-electron chi connectivity index (χ1n) is 7.88. The Balaban J connectivity index is 1.52. The molecule has 1 aromatic carbocycles. The quantitative estimate of drug-likeness (QED) is 0.946. The number of amides is 1. The van der Waals surface area contributed by atoms with Crippen molar-refractivity contribution in [1.29, 1.82) is 0 Å². The van der Waals surface area contributed by atoms with Gasteiger partial charge in [-0.25, -0.2) is 0 Å². The Kier molecular flexibility index (Phi) is 3.29. The summed E-state index contributed by atoms with van der Waals surface area (Å²) < 4.78 is 0. The molecule has 1 aliphatic heterocycles. The molecule has 4 rings (SSSR count). The van der Waals surface area contributed by atoms with Gasteiger partial charge in [-0.3, -0.25) is 9.78 Å². The van der Waals surface area contributed by atoms with E-state index in [-0.39, 0.29) is 5.91 Å². The van der Waals surface area contributed by atoms with Crippen LogP contribution in [0.25, 0.3) is 0 Å². The van der Waals surface area contributed by atoms with E-state index >= 15 is 0 Å². The topological polar surface area (TPSA) is 45.2 Å². The predicted octanol–water partition coefficient (Wildman–Crippen LogP) is 2.85. The van der Waals surface area contributed by atoms with Crippen LogP contribution in [-0.4, -0.2) is 28.4 Å². The number of hydrogen-bond acceptors (Lipinski definition) is 3. The van der Waals surface area contributed by atoms with Crippen LogP contribution in [0.15, 0.2) is 42.6 Å².